The summed E-state index contributed by atoms with van der Waals surface area (Å²) in [6.45, 7) is 7.13. The minimum absolute atomic E-state index is 0.0730. The SMILES string of the molecule is COc1cc(C)c(C(N)C2CN3CCCC3CO2)cc1C. The van der Waals surface area contributed by atoms with Gasteiger partial charge in [0.2, 0.25) is 0 Å². The quantitative estimate of drug-likeness (QED) is 0.927. The zero-order valence-corrected chi connectivity index (χ0v) is 13.3. The predicted molar refractivity (Wildman–Crippen MR) is 83.7 cm³/mol. The van der Waals surface area contributed by atoms with Crippen molar-refractivity contribution in [2.45, 2.75) is 44.9 Å². The Kier molecular flexibility index (Phi) is 4.20. The first-order valence-electron chi connectivity index (χ1n) is 7.86. The van der Waals surface area contributed by atoms with Gasteiger partial charge in [0.1, 0.15) is 5.75 Å². The van der Waals surface area contributed by atoms with E-state index in [1.54, 1.807) is 7.11 Å². The van der Waals surface area contributed by atoms with Gasteiger partial charge in [-0.15, -0.1) is 0 Å². The van der Waals surface area contributed by atoms with E-state index in [0.29, 0.717) is 6.04 Å². The molecule has 0 bridgehead atoms. The van der Waals surface area contributed by atoms with Gasteiger partial charge in [0.05, 0.1) is 25.9 Å². The maximum Gasteiger partial charge on any atom is 0.122 e. The summed E-state index contributed by atoms with van der Waals surface area (Å²) in [4.78, 5) is 2.54. The Morgan fingerprint density at radius 2 is 2.14 bits per heavy atom. The summed E-state index contributed by atoms with van der Waals surface area (Å²) in [5.74, 6) is 0.924. The monoisotopic (exact) mass is 290 g/mol. The van der Waals surface area contributed by atoms with Gasteiger partial charge in [-0.1, -0.05) is 6.07 Å². The maximum atomic E-state index is 6.52. The number of morpholine rings is 1. The molecule has 0 aromatic heterocycles. The molecule has 2 saturated heterocycles. The predicted octanol–water partition coefficient (Wildman–Crippen LogP) is 2.18. The second-order valence-corrected chi connectivity index (χ2v) is 6.37. The van der Waals surface area contributed by atoms with Crippen molar-refractivity contribution in [3.8, 4) is 5.75 Å². The molecule has 2 aliphatic heterocycles. The molecule has 1 aromatic carbocycles. The van der Waals surface area contributed by atoms with Gasteiger partial charge in [-0.3, -0.25) is 4.90 Å². The molecule has 0 aliphatic carbocycles. The molecule has 1 aromatic rings. The number of fused-ring (bicyclic) bond motifs is 1. The van der Waals surface area contributed by atoms with Crippen molar-refractivity contribution < 1.29 is 9.47 Å². The zero-order chi connectivity index (χ0) is 15.0. The summed E-state index contributed by atoms with van der Waals surface area (Å²) in [6.07, 6.45) is 2.64. The van der Waals surface area contributed by atoms with Crippen LogP contribution in [0.1, 0.15) is 35.6 Å². The van der Waals surface area contributed by atoms with Crippen LogP contribution in [0, 0.1) is 13.8 Å². The van der Waals surface area contributed by atoms with Crippen molar-refractivity contribution in [1.82, 2.24) is 4.90 Å². The number of hydrogen-bond acceptors (Lipinski definition) is 4. The molecule has 2 heterocycles. The normalized spacial score (nSPS) is 27.4. The molecule has 3 atom stereocenters. The average Bonchev–Trinajstić information content (AvgIpc) is 2.95. The number of aryl methyl sites for hydroxylation is 2. The summed E-state index contributed by atoms with van der Waals surface area (Å²) in [7, 11) is 1.71. The number of ether oxygens (including phenoxy) is 2. The first-order chi connectivity index (χ1) is 10.1. The summed E-state index contributed by atoms with van der Waals surface area (Å²) < 4.78 is 11.4. The van der Waals surface area contributed by atoms with Crippen LogP contribution in [0.25, 0.3) is 0 Å². The number of rotatable bonds is 3. The summed E-state index contributed by atoms with van der Waals surface area (Å²) >= 11 is 0. The van der Waals surface area contributed by atoms with Crippen LogP contribution in [0.2, 0.25) is 0 Å². The Bertz CT molecular complexity index is 518. The minimum atomic E-state index is -0.0730. The Labute approximate surface area is 127 Å². The number of benzene rings is 1. The van der Waals surface area contributed by atoms with Crippen molar-refractivity contribution in [2.75, 3.05) is 26.8 Å². The summed E-state index contributed by atoms with van der Waals surface area (Å²) in [5.41, 5.74) is 10.0. The van der Waals surface area contributed by atoms with E-state index < -0.39 is 0 Å². The van der Waals surface area contributed by atoms with Crippen LogP contribution in [0.4, 0.5) is 0 Å². The lowest BCUT2D eigenvalue weighted by molar-refractivity contribution is -0.0597. The third kappa shape index (κ3) is 2.80. The van der Waals surface area contributed by atoms with E-state index in [9.17, 15) is 0 Å². The lowest BCUT2D eigenvalue weighted by atomic mass is 9.94. The largest absolute Gasteiger partial charge is 0.496 e. The fraction of sp³-hybridized carbons (Fsp3) is 0.647. The van der Waals surface area contributed by atoms with Gasteiger partial charge < -0.3 is 15.2 Å². The Morgan fingerprint density at radius 1 is 1.33 bits per heavy atom. The molecule has 4 heteroatoms. The van der Waals surface area contributed by atoms with E-state index in [0.717, 1.165) is 24.5 Å². The number of nitrogens with two attached hydrogens (primary N) is 1. The van der Waals surface area contributed by atoms with Crippen LogP contribution in [-0.4, -0.2) is 43.9 Å². The molecular weight excluding hydrogens is 264 g/mol. The number of nitrogens with zero attached hydrogens (tertiary/aromatic N) is 1. The molecule has 3 unspecified atom stereocenters. The van der Waals surface area contributed by atoms with Gasteiger partial charge in [-0.05, 0) is 56.0 Å². The van der Waals surface area contributed by atoms with E-state index in [4.69, 9.17) is 15.2 Å². The average molecular weight is 290 g/mol. The van der Waals surface area contributed by atoms with Gasteiger partial charge in [0.25, 0.3) is 0 Å². The van der Waals surface area contributed by atoms with Gasteiger partial charge in [0.15, 0.2) is 0 Å². The van der Waals surface area contributed by atoms with Crippen LogP contribution in [-0.2, 0) is 4.74 Å². The van der Waals surface area contributed by atoms with E-state index in [2.05, 4.69) is 30.9 Å². The van der Waals surface area contributed by atoms with E-state index in [1.165, 1.54) is 30.5 Å². The van der Waals surface area contributed by atoms with Crippen LogP contribution < -0.4 is 10.5 Å². The van der Waals surface area contributed by atoms with Gasteiger partial charge in [0, 0.05) is 12.6 Å². The van der Waals surface area contributed by atoms with Gasteiger partial charge >= 0.3 is 0 Å². The molecule has 4 nitrogen and oxygen atoms in total. The van der Waals surface area contributed by atoms with Crippen molar-refractivity contribution in [1.29, 1.82) is 0 Å². The van der Waals surface area contributed by atoms with E-state index in [-0.39, 0.29) is 12.1 Å². The molecule has 2 N–H and O–H groups in total. The van der Waals surface area contributed by atoms with Crippen molar-refractivity contribution in [3.63, 3.8) is 0 Å². The highest BCUT2D eigenvalue weighted by molar-refractivity contribution is 5.43. The van der Waals surface area contributed by atoms with Gasteiger partial charge in [-0.25, -0.2) is 0 Å². The second kappa shape index (κ2) is 5.95. The smallest absolute Gasteiger partial charge is 0.122 e. The standard InChI is InChI=1S/C17H26N2O2/c1-11-8-15(20-3)12(2)7-14(11)17(18)16-9-19-6-4-5-13(19)10-21-16/h7-8,13,16-17H,4-6,9-10,18H2,1-3H3. The molecule has 2 aliphatic rings. The lowest BCUT2D eigenvalue weighted by Crippen LogP contribution is -2.49. The fourth-order valence-corrected chi connectivity index (χ4v) is 3.65. The molecule has 116 valence electrons. The van der Waals surface area contributed by atoms with Crippen molar-refractivity contribution in [3.05, 3.63) is 28.8 Å². The molecular formula is C17H26N2O2. The second-order valence-electron chi connectivity index (χ2n) is 6.37. The van der Waals surface area contributed by atoms with Crippen LogP contribution in [0.3, 0.4) is 0 Å². The topological polar surface area (TPSA) is 47.7 Å². The van der Waals surface area contributed by atoms with E-state index in [1.807, 2.05) is 0 Å². The minimum Gasteiger partial charge on any atom is -0.496 e. The highest BCUT2D eigenvalue weighted by atomic mass is 16.5. The number of hydrogen-bond donors (Lipinski definition) is 1. The molecule has 2 fully saturated rings. The maximum absolute atomic E-state index is 6.52. The molecule has 3 rings (SSSR count). The highest BCUT2D eigenvalue weighted by Crippen LogP contribution is 2.31. The molecule has 21 heavy (non-hydrogen) atoms. The highest BCUT2D eigenvalue weighted by Gasteiger charge is 2.35. The third-order valence-electron chi connectivity index (χ3n) is 4.96. The van der Waals surface area contributed by atoms with Crippen LogP contribution in [0.15, 0.2) is 12.1 Å². The zero-order valence-electron chi connectivity index (χ0n) is 13.3. The van der Waals surface area contributed by atoms with E-state index >= 15 is 0 Å². The summed E-state index contributed by atoms with van der Waals surface area (Å²) in [5, 5.41) is 0. The molecule has 0 saturated carbocycles. The van der Waals surface area contributed by atoms with Crippen molar-refractivity contribution >= 4 is 0 Å². The Balaban J connectivity index is 1.78. The Hall–Kier alpha value is -1.10. The fourth-order valence-electron chi connectivity index (χ4n) is 3.65. The van der Waals surface area contributed by atoms with Crippen LogP contribution in [0.5, 0.6) is 5.75 Å². The lowest BCUT2D eigenvalue weighted by Gasteiger charge is -2.38. The van der Waals surface area contributed by atoms with Crippen molar-refractivity contribution in [2.24, 2.45) is 5.73 Å². The Morgan fingerprint density at radius 3 is 2.90 bits per heavy atom. The summed E-state index contributed by atoms with van der Waals surface area (Å²) in [6, 6.07) is 4.77. The van der Waals surface area contributed by atoms with Gasteiger partial charge in [-0.2, -0.15) is 0 Å². The molecule has 0 radical (unpaired) electrons. The number of methoxy groups -OCH3 is 1. The molecule has 0 spiro atoms. The first-order valence-corrected chi connectivity index (χ1v) is 7.86. The molecule has 0 amide bonds. The van der Waals surface area contributed by atoms with Crippen LogP contribution >= 0.6 is 0 Å². The third-order valence-corrected chi connectivity index (χ3v) is 4.96. The first kappa shape index (κ1) is 14.8.